The molecule has 0 aromatic heterocycles. The monoisotopic (exact) mass is 335 g/mol. The Morgan fingerprint density at radius 1 is 1.35 bits per heavy atom. The summed E-state index contributed by atoms with van der Waals surface area (Å²) in [6, 6.07) is 5.19. The number of halogens is 1. The molecule has 1 aromatic carbocycles. The molecule has 3 rings (SSSR count). The zero-order valence-corrected chi connectivity index (χ0v) is 14.0. The molecule has 0 saturated heterocycles. The molecule has 124 valence electrons. The van der Waals surface area contributed by atoms with E-state index < -0.39 is 0 Å². The summed E-state index contributed by atoms with van der Waals surface area (Å²) in [5.41, 5.74) is 4.09. The van der Waals surface area contributed by atoms with Gasteiger partial charge < -0.3 is 5.32 Å². The first-order chi connectivity index (χ1) is 11.1. The highest BCUT2D eigenvalue weighted by Crippen LogP contribution is 2.29. The fraction of sp³-hybridized carbons (Fsp3) is 0.529. The summed E-state index contributed by atoms with van der Waals surface area (Å²) in [6.45, 7) is 1.98. The second-order valence-corrected chi connectivity index (χ2v) is 6.68. The van der Waals surface area contributed by atoms with E-state index in [0.717, 1.165) is 31.4 Å². The van der Waals surface area contributed by atoms with Gasteiger partial charge in [0.15, 0.2) is 0 Å². The number of benzene rings is 1. The first-order valence-corrected chi connectivity index (χ1v) is 8.68. The van der Waals surface area contributed by atoms with Gasteiger partial charge in [0.1, 0.15) is 6.17 Å². The van der Waals surface area contributed by atoms with Crippen molar-refractivity contribution in [1.82, 2.24) is 10.4 Å². The molecule has 0 radical (unpaired) electrons. The van der Waals surface area contributed by atoms with Crippen LogP contribution in [-0.4, -0.2) is 23.0 Å². The number of nitrogens with zero attached hydrogens (tertiary/aromatic N) is 1. The Labute approximate surface area is 141 Å². The van der Waals surface area contributed by atoms with Crippen LogP contribution >= 0.6 is 11.6 Å². The molecule has 1 unspecified atom stereocenters. The zero-order chi connectivity index (χ0) is 16.4. The van der Waals surface area contributed by atoms with Crippen LogP contribution in [0.4, 0.5) is 5.69 Å². The number of hydrogen-bond donors (Lipinski definition) is 2. The lowest BCUT2D eigenvalue weighted by Crippen LogP contribution is -2.58. The van der Waals surface area contributed by atoms with Crippen molar-refractivity contribution in [2.45, 2.75) is 51.6 Å². The molecule has 1 fully saturated rings. The third kappa shape index (κ3) is 3.29. The van der Waals surface area contributed by atoms with Crippen molar-refractivity contribution in [3.63, 3.8) is 0 Å². The number of anilines is 1. The van der Waals surface area contributed by atoms with Crippen molar-refractivity contribution < 1.29 is 9.59 Å². The maximum Gasteiger partial charge on any atom is 0.276 e. The molecule has 1 heterocycles. The molecule has 1 saturated carbocycles. The van der Waals surface area contributed by atoms with Gasteiger partial charge in [-0.25, -0.2) is 5.01 Å². The van der Waals surface area contributed by atoms with E-state index in [9.17, 15) is 9.59 Å². The van der Waals surface area contributed by atoms with Gasteiger partial charge in [-0.3, -0.25) is 15.0 Å². The smallest absolute Gasteiger partial charge is 0.276 e. The molecule has 23 heavy (non-hydrogen) atoms. The van der Waals surface area contributed by atoms with Crippen molar-refractivity contribution in [2.24, 2.45) is 5.92 Å². The molecule has 0 spiro atoms. The fourth-order valence-electron chi connectivity index (χ4n) is 3.32. The molecule has 2 N–H and O–H groups in total. The number of hydrogen-bond acceptors (Lipinski definition) is 3. The van der Waals surface area contributed by atoms with E-state index in [2.05, 4.69) is 10.7 Å². The van der Waals surface area contributed by atoms with Gasteiger partial charge in [-0.1, -0.05) is 37.8 Å². The SMILES string of the molecule is CCC1Nc2ccc(Cl)cc2C(=O)N1NC(=O)C1CCCCC1. The highest BCUT2D eigenvalue weighted by molar-refractivity contribution is 6.31. The Balaban J connectivity index is 1.79. The van der Waals surface area contributed by atoms with Crippen molar-refractivity contribution in [2.75, 3.05) is 5.32 Å². The lowest BCUT2D eigenvalue weighted by atomic mass is 9.89. The Hall–Kier alpha value is -1.75. The maximum atomic E-state index is 12.8. The summed E-state index contributed by atoms with van der Waals surface area (Å²) in [5.74, 6) is -0.254. The fourth-order valence-corrected chi connectivity index (χ4v) is 3.49. The average Bonchev–Trinajstić information content (AvgIpc) is 2.58. The minimum atomic E-state index is -0.247. The standard InChI is InChI=1S/C17H22ClN3O2/c1-2-15-19-14-9-8-12(18)10-13(14)17(23)21(15)20-16(22)11-6-4-3-5-7-11/h8-11,15,19H,2-7H2,1H3,(H,20,22). The molecule has 1 aromatic rings. The van der Waals surface area contributed by atoms with Gasteiger partial charge in [-0.2, -0.15) is 0 Å². The van der Waals surface area contributed by atoms with Gasteiger partial charge in [0, 0.05) is 16.6 Å². The molecule has 0 bridgehead atoms. The Kier molecular flexibility index (Phi) is 4.76. The molecule has 1 aliphatic heterocycles. The highest BCUT2D eigenvalue weighted by Gasteiger charge is 2.34. The minimum absolute atomic E-state index is 0.00909. The zero-order valence-electron chi connectivity index (χ0n) is 13.3. The van der Waals surface area contributed by atoms with Gasteiger partial charge in [-0.15, -0.1) is 0 Å². The summed E-state index contributed by atoms with van der Waals surface area (Å²) < 4.78 is 0. The second-order valence-electron chi connectivity index (χ2n) is 6.24. The number of carbonyl (C=O) groups excluding carboxylic acids is 2. The Bertz CT molecular complexity index is 614. The highest BCUT2D eigenvalue weighted by atomic mass is 35.5. The van der Waals surface area contributed by atoms with E-state index in [1.54, 1.807) is 18.2 Å². The lowest BCUT2D eigenvalue weighted by molar-refractivity contribution is -0.130. The summed E-state index contributed by atoms with van der Waals surface area (Å²) in [4.78, 5) is 25.3. The summed E-state index contributed by atoms with van der Waals surface area (Å²) >= 11 is 6.00. The number of carbonyl (C=O) groups is 2. The third-order valence-corrected chi connectivity index (χ3v) is 4.89. The van der Waals surface area contributed by atoms with E-state index in [0.29, 0.717) is 17.0 Å². The number of amides is 2. The van der Waals surface area contributed by atoms with E-state index in [1.165, 1.54) is 11.4 Å². The first kappa shape index (κ1) is 16.1. The van der Waals surface area contributed by atoms with Gasteiger partial charge in [0.25, 0.3) is 5.91 Å². The predicted molar refractivity (Wildman–Crippen MR) is 90.0 cm³/mol. The predicted octanol–water partition coefficient (Wildman–Crippen LogP) is 3.56. The summed E-state index contributed by atoms with van der Waals surface area (Å²) in [5, 5.41) is 5.23. The van der Waals surface area contributed by atoms with Crippen molar-refractivity contribution in [3.8, 4) is 0 Å². The first-order valence-electron chi connectivity index (χ1n) is 8.30. The van der Waals surface area contributed by atoms with Crippen molar-refractivity contribution in [3.05, 3.63) is 28.8 Å². The van der Waals surface area contributed by atoms with Crippen LogP contribution in [0.1, 0.15) is 55.8 Å². The largest absolute Gasteiger partial charge is 0.363 e. The summed E-state index contributed by atoms with van der Waals surface area (Å²) in [7, 11) is 0. The topological polar surface area (TPSA) is 61.4 Å². The third-order valence-electron chi connectivity index (χ3n) is 4.66. The van der Waals surface area contributed by atoms with Crippen molar-refractivity contribution in [1.29, 1.82) is 0 Å². The van der Waals surface area contributed by atoms with Crippen LogP contribution in [0, 0.1) is 5.92 Å². The van der Waals surface area contributed by atoms with E-state index in [1.807, 2.05) is 6.92 Å². The van der Waals surface area contributed by atoms with E-state index >= 15 is 0 Å². The van der Waals surface area contributed by atoms with Crippen LogP contribution in [0.3, 0.4) is 0 Å². The number of nitrogens with one attached hydrogen (secondary N) is 2. The van der Waals surface area contributed by atoms with Gasteiger partial charge >= 0.3 is 0 Å². The van der Waals surface area contributed by atoms with Gasteiger partial charge in [0.2, 0.25) is 5.91 Å². The van der Waals surface area contributed by atoms with Crippen LogP contribution in [-0.2, 0) is 4.79 Å². The normalized spacial score (nSPS) is 21.6. The van der Waals surface area contributed by atoms with Gasteiger partial charge in [-0.05, 0) is 37.5 Å². The van der Waals surface area contributed by atoms with E-state index in [4.69, 9.17) is 11.6 Å². The van der Waals surface area contributed by atoms with Crippen LogP contribution in [0.15, 0.2) is 18.2 Å². The Morgan fingerprint density at radius 2 is 2.09 bits per heavy atom. The molecular weight excluding hydrogens is 314 g/mol. The van der Waals surface area contributed by atoms with Crippen molar-refractivity contribution >= 4 is 29.1 Å². The Morgan fingerprint density at radius 3 is 2.78 bits per heavy atom. The van der Waals surface area contributed by atoms with Crippen LogP contribution in [0.25, 0.3) is 0 Å². The molecule has 1 aliphatic carbocycles. The maximum absolute atomic E-state index is 12.8. The van der Waals surface area contributed by atoms with Crippen LogP contribution in [0.2, 0.25) is 5.02 Å². The molecule has 6 heteroatoms. The quantitative estimate of drug-likeness (QED) is 0.888. The summed E-state index contributed by atoms with van der Waals surface area (Å²) in [6.07, 6.45) is 5.61. The molecule has 2 amide bonds. The van der Waals surface area contributed by atoms with Crippen LogP contribution in [0.5, 0.6) is 0 Å². The number of rotatable bonds is 3. The molecule has 5 nitrogen and oxygen atoms in total. The molecular formula is C17H22ClN3O2. The minimum Gasteiger partial charge on any atom is -0.363 e. The average molecular weight is 336 g/mol. The molecule has 2 aliphatic rings. The van der Waals surface area contributed by atoms with E-state index in [-0.39, 0.29) is 23.9 Å². The number of hydrazine groups is 1. The van der Waals surface area contributed by atoms with Gasteiger partial charge in [0.05, 0.1) is 5.56 Å². The van der Waals surface area contributed by atoms with Crippen LogP contribution < -0.4 is 10.7 Å². The lowest BCUT2D eigenvalue weighted by Gasteiger charge is -2.38. The second kappa shape index (κ2) is 6.79. The molecule has 1 atom stereocenters. The number of fused-ring (bicyclic) bond motifs is 1.